The highest BCUT2D eigenvalue weighted by molar-refractivity contribution is 7.07. The van der Waals surface area contributed by atoms with Gasteiger partial charge in [0.05, 0.1) is 11.1 Å². The molecule has 0 aliphatic carbocycles. The summed E-state index contributed by atoms with van der Waals surface area (Å²) in [6, 6.07) is 6.57. The van der Waals surface area contributed by atoms with Crippen LogP contribution in [-0.2, 0) is 4.79 Å². The van der Waals surface area contributed by atoms with Crippen LogP contribution < -0.4 is 10.1 Å². The largest absolute Gasteiger partial charge is 0.482 e. The zero-order chi connectivity index (χ0) is 15.2. The summed E-state index contributed by atoms with van der Waals surface area (Å²) in [5.41, 5.74) is 0.780. The number of benzene rings is 1. The van der Waals surface area contributed by atoms with Crippen LogP contribution in [0.25, 0.3) is 0 Å². The van der Waals surface area contributed by atoms with Crippen molar-refractivity contribution in [2.24, 2.45) is 0 Å². The summed E-state index contributed by atoms with van der Waals surface area (Å²) in [5, 5.41) is 17.0. The summed E-state index contributed by atoms with van der Waals surface area (Å²) in [7, 11) is 0. The van der Waals surface area contributed by atoms with Crippen molar-refractivity contribution in [3.8, 4) is 5.75 Å². The maximum absolute atomic E-state index is 11.7. The van der Waals surface area contributed by atoms with E-state index < -0.39 is 6.10 Å². The van der Waals surface area contributed by atoms with Crippen molar-refractivity contribution in [3.63, 3.8) is 0 Å². The van der Waals surface area contributed by atoms with Crippen molar-refractivity contribution in [2.45, 2.75) is 6.10 Å². The average molecular weight is 346 g/mol. The lowest BCUT2D eigenvalue weighted by molar-refractivity contribution is -0.123. The molecule has 1 amide bonds. The lowest BCUT2D eigenvalue weighted by Crippen LogP contribution is -2.32. The van der Waals surface area contributed by atoms with E-state index in [4.69, 9.17) is 27.9 Å². The Labute approximate surface area is 136 Å². The summed E-state index contributed by atoms with van der Waals surface area (Å²) in [5.74, 6) is 0.0462. The monoisotopic (exact) mass is 345 g/mol. The lowest BCUT2D eigenvalue weighted by Gasteiger charge is -2.12. The minimum absolute atomic E-state index is 0.132. The highest BCUT2D eigenvalue weighted by Gasteiger charge is 2.11. The van der Waals surface area contributed by atoms with E-state index >= 15 is 0 Å². The maximum atomic E-state index is 11.7. The smallest absolute Gasteiger partial charge is 0.258 e. The highest BCUT2D eigenvalue weighted by atomic mass is 35.5. The van der Waals surface area contributed by atoms with Crippen molar-refractivity contribution < 1.29 is 14.6 Å². The number of halogens is 2. The molecule has 7 heteroatoms. The molecule has 1 aromatic heterocycles. The number of aliphatic hydroxyl groups is 1. The zero-order valence-electron chi connectivity index (χ0n) is 10.9. The van der Waals surface area contributed by atoms with Crippen LogP contribution in [0.15, 0.2) is 35.0 Å². The molecule has 1 heterocycles. The van der Waals surface area contributed by atoms with Gasteiger partial charge in [-0.05, 0) is 40.6 Å². The summed E-state index contributed by atoms with van der Waals surface area (Å²) in [6.45, 7) is -0.0506. The van der Waals surface area contributed by atoms with Crippen LogP contribution in [0.5, 0.6) is 5.75 Å². The lowest BCUT2D eigenvalue weighted by atomic mass is 10.2. The predicted octanol–water partition coefficient (Wildman–Crippen LogP) is 3.28. The second-order valence-corrected chi connectivity index (χ2v) is 5.86. The van der Waals surface area contributed by atoms with Gasteiger partial charge in [-0.15, -0.1) is 0 Å². The molecule has 1 aromatic carbocycles. The first kappa shape index (κ1) is 16.1. The van der Waals surface area contributed by atoms with Crippen LogP contribution in [-0.4, -0.2) is 24.2 Å². The Morgan fingerprint density at radius 2 is 2.19 bits per heavy atom. The molecular formula is C14H13Cl2NO3S. The summed E-state index contributed by atoms with van der Waals surface area (Å²) in [6.07, 6.45) is -0.723. The van der Waals surface area contributed by atoms with Gasteiger partial charge >= 0.3 is 0 Å². The number of hydrogen-bond acceptors (Lipinski definition) is 4. The third kappa shape index (κ3) is 4.89. The van der Waals surface area contributed by atoms with Gasteiger partial charge in [0.1, 0.15) is 5.75 Å². The molecule has 2 aromatic rings. The third-order valence-electron chi connectivity index (χ3n) is 2.67. The fourth-order valence-electron chi connectivity index (χ4n) is 1.58. The van der Waals surface area contributed by atoms with Crippen molar-refractivity contribution in [3.05, 3.63) is 50.6 Å². The Kier molecular flexibility index (Phi) is 5.87. The van der Waals surface area contributed by atoms with Crippen LogP contribution in [0.2, 0.25) is 10.0 Å². The van der Waals surface area contributed by atoms with Gasteiger partial charge in [-0.1, -0.05) is 23.2 Å². The van der Waals surface area contributed by atoms with Gasteiger partial charge in [0.15, 0.2) is 6.61 Å². The number of thiophene rings is 1. The average Bonchev–Trinajstić information content (AvgIpc) is 2.98. The summed E-state index contributed by atoms with van der Waals surface area (Å²) in [4.78, 5) is 11.7. The maximum Gasteiger partial charge on any atom is 0.258 e. The highest BCUT2D eigenvalue weighted by Crippen LogP contribution is 2.27. The van der Waals surface area contributed by atoms with Gasteiger partial charge in [-0.2, -0.15) is 11.3 Å². The molecular weight excluding hydrogens is 333 g/mol. The van der Waals surface area contributed by atoms with Gasteiger partial charge < -0.3 is 15.2 Å². The second kappa shape index (κ2) is 7.66. The third-order valence-corrected chi connectivity index (χ3v) is 3.91. The van der Waals surface area contributed by atoms with E-state index in [0.717, 1.165) is 5.56 Å². The first-order valence-corrected chi connectivity index (χ1v) is 7.81. The van der Waals surface area contributed by atoms with Gasteiger partial charge in [0, 0.05) is 11.6 Å². The van der Waals surface area contributed by atoms with E-state index in [0.29, 0.717) is 15.8 Å². The van der Waals surface area contributed by atoms with Crippen molar-refractivity contribution in [2.75, 3.05) is 13.2 Å². The van der Waals surface area contributed by atoms with Crippen LogP contribution in [0.4, 0.5) is 0 Å². The topological polar surface area (TPSA) is 58.6 Å². The number of nitrogens with one attached hydrogen (secondary N) is 1. The minimum Gasteiger partial charge on any atom is -0.482 e. The molecule has 0 saturated heterocycles. The molecule has 0 radical (unpaired) electrons. The molecule has 0 saturated carbocycles. The molecule has 1 unspecified atom stereocenters. The van der Waals surface area contributed by atoms with Crippen molar-refractivity contribution >= 4 is 40.4 Å². The molecule has 0 bridgehead atoms. The van der Waals surface area contributed by atoms with E-state index in [1.54, 1.807) is 12.1 Å². The number of hydrogen-bond donors (Lipinski definition) is 2. The van der Waals surface area contributed by atoms with Crippen molar-refractivity contribution in [1.29, 1.82) is 0 Å². The number of aliphatic hydroxyl groups excluding tert-OH is 1. The Morgan fingerprint density at radius 1 is 1.38 bits per heavy atom. The molecule has 2 rings (SSSR count). The normalized spacial score (nSPS) is 12.0. The zero-order valence-corrected chi connectivity index (χ0v) is 13.2. The van der Waals surface area contributed by atoms with E-state index in [2.05, 4.69) is 5.32 Å². The number of carbonyl (C=O) groups excluding carboxylic acids is 1. The van der Waals surface area contributed by atoms with Crippen LogP contribution in [0.3, 0.4) is 0 Å². The van der Waals surface area contributed by atoms with E-state index in [9.17, 15) is 9.90 Å². The second-order valence-electron chi connectivity index (χ2n) is 4.24. The van der Waals surface area contributed by atoms with E-state index in [1.807, 2.05) is 16.8 Å². The van der Waals surface area contributed by atoms with Gasteiger partial charge in [0.2, 0.25) is 0 Å². The van der Waals surface area contributed by atoms with Crippen LogP contribution >= 0.6 is 34.5 Å². The van der Waals surface area contributed by atoms with Crippen LogP contribution in [0, 0.1) is 0 Å². The minimum atomic E-state index is -0.723. The quantitative estimate of drug-likeness (QED) is 0.844. The molecule has 0 aliphatic rings. The Hall–Kier alpha value is -1.27. The van der Waals surface area contributed by atoms with Crippen LogP contribution in [0.1, 0.15) is 11.7 Å². The number of carbonyl (C=O) groups is 1. The Bertz CT molecular complexity index is 604. The first-order chi connectivity index (χ1) is 10.1. The molecule has 4 nitrogen and oxygen atoms in total. The van der Waals surface area contributed by atoms with Gasteiger partial charge in [0.25, 0.3) is 5.91 Å². The molecule has 1 atom stereocenters. The first-order valence-electron chi connectivity index (χ1n) is 6.11. The Balaban J connectivity index is 1.77. The Morgan fingerprint density at radius 3 is 2.86 bits per heavy atom. The molecule has 0 aliphatic heterocycles. The van der Waals surface area contributed by atoms with E-state index in [-0.39, 0.29) is 19.1 Å². The summed E-state index contributed by atoms with van der Waals surface area (Å²) < 4.78 is 5.29. The van der Waals surface area contributed by atoms with Gasteiger partial charge in [-0.25, -0.2) is 0 Å². The molecule has 0 spiro atoms. The SMILES string of the molecule is O=C(COc1ccc(Cl)cc1Cl)NCC(O)c1ccsc1. The fraction of sp³-hybridized carbons (Fsp3) is 0.214. The number of rotatable bonds is 6. The standard InChI is InChI=1S/C14H13Cl2NO3S/c15-10-1-2-13(11(16)5-10)20-7-14(19)17-6-12(18)9-3-4-21-8-9/h1-5,8,12,18H,6-7H2,(H,17,19). The van der Waals surface area contributed by atoms with E-state index in [1.165, 1.54) is 17.4 Å². The molecule has 21 heavy (non-hydrogen) atoms. The summed E-state index contributed by atoms with van der Waals surface area (Å²) >= 11 is 13.2. The van der Waals surface area contributed by atoms with Gasteiger partial charge in [-0.3, -0.25) is 4.79 Å². The molecule has 0 fully saturated rings. The van der Waals surface area contributed by atoms with Crippen molar-refractivity contribution in [1.82, 2.24) is 5.32 Å². The predicted molar refractivity (Wildman–Crippen MR) is 84.2 cm³/mol. The number of ether oxygens (including phenoxy) is 1. The fourth-order valence-corrected chi connectivity index (χ4v) is 2.75. The molecule has 2 N–H and O–H groups in total. The number of amides is 1. The molecule has 112 valence electrons.